The molecule has 0 unspecified atom stereocenters. The van der Waals surface area contributed by atoms with E-state index in [1.807, 2.05) is 45.0 Å². The minimum atomic E-state index is -0.203. The van der Waals surface area contributed by atoms with Crippen LogP contribution in [-0.2, 0) is 0 Å². The second kappa shape index (κ2) is 5.05. The van der Waals surface area contributed by atoms with Crippen LogP contribution in [0.3, 0.4) is 0 Å². The summed E-state index contributed by atoms with van der Waals surface area (Å²) in [6, 6.07) is 7.78. The van der Waals surface area contributed by atoms with Crippen LogP contribution in [0.25, 0.3) is 5.65 Å². The molecular weight excluding hydrogens is 266 g/mol. The Hall–Kier alpha value is -2.63. The van der Waals surface area contributed by atoms with E-state index in [9.17, 15) is 0 Å². The highest BCUT2D eigenvalue weighted by Gasteiger charge is 2.11. The number of ether oxygens (including phenoxy) is 1. The Morgan fingerprint density at radius 3 is 2.57 bits per heavy atom. The highest BCUT2D eigenvalue weighted by molar-refractivity contribution is 5.58. The minimum absolute atomic E-state index is 0.203. The first kappa shape index (κ1) is 13.4. The number of nitrogens with one attached hydrogen (secondary N) is 1. The summed E-state index contributed by atoms with van der Waals surface area (Å²) in [5.74, 6) is 1.60. The van der Waals surface area contributed by atoms with Crippen molar-refractivity contribution in [2.24, 2.45) is 0 Å². The molecule has 0 fully saturated rings. The fourth-order valence-corrected chi connectivity index (χ4v) is 1.95. The van der Waals surface area contributed by atoms with E-state index in [2.05, 4.69) is 20.4 Å². The van der Waals surface area contributed by atoms with E-state index in [0.717, 1.165) is 17.3 Å². The highest BCUT2D eigenvalue weighted by Crippen LogP contribution is 2.22. The number of hydrogen-bond acceptors (Lipinski definition) is 5. The van der Waals surface area contributed by atoms with Crippen molar-refractivity contribution in [2.75, 3.05) is 5.32 Å². The van der Waals surface area contributed by atoms with Gasteiger partial charge >= 0.3 is 0 Å². The standard InChI is InChI=1S/C15H17N5O/c1-15(2,3)21-12-6-4-11(5-7-12)19-14-9-16-8-13-17-10-18-20(13)14/h4-10,19H,1-3H3. The van der Waals surface area contributed by atoms with Gasteiger partial charge in [0.1, 0.15) is 17.7 Å². The third-order valence-corrected chi connectivity index (χ3v) is 2.74. The van der Waals surface area contributed by atoms with E-state index in [1.54, 1.807) is 16.9 Å². The van der Waals surface area contributed by atoms with E-state index in [1.165, 1.54) is 6.33 Å². The smallest absolute Gasteiger partial charge is 0.175 e. The van der Waals surface area contributed by atoms with Crippen LogP contribution in [0, 0.1) is 0 Å². The SMILES string of the molecule is CC(C)(C)Oc1ccc(Nc2cncc3ncnn23)cc1. The van der Waals surface area contributed by atoms with Crippen molar-refractivity contribution in [2.45, 2.75) is 26.4 Å². The van der Waals surface area contributed by atoms with Gasteiger partial charge in [0.2, 0.25) is 0 Å². The molecule has 6 nitrogen and oxygen atoms in total. The van der Waals surface area contributed by atoms with E-state index < -0.39 is 0 Å². The van der Waals surface area contributed by atoms with Crippen molar-refractivity contribution in [3.63, 3.8) is 0 Å². The number of fused-ring (bicyclic) bond motifs is 1. The molecule has 1 N–H and O–H groups in total. The molecule has 0 aliphatic heterocycles. The van der Waals surface area contributed by atoms with Crippen LogP contribution in [0.1, 0.15) is 20.8 Å². The van der Waals surface area contributed by atoms with Crippen molar-refractivity contribution in [1.82, 2.24) is 19.6 Å². The van der Waals surface area contributed by atoms with E-state index in [4.69, 9.17) is 4.74 Å². The molecule has 3 aromatic rings. The zero-order valence-electron chi connectivity index (χ0n) is 12.2. The van der Waals surface area contributed by atoms with Crippen LogP contribution >= 0.6 is 0 Å². The Bertz CT molecular complexity index is 743. The first-order chi connectivity index (χ1) is 10.0. The van der Waals surface area contributed by atoms with Crippen LogP contribution in [0.15, 0.2) is 43.0 Å². The maximum Gasteiger partial charge on any atom is 0.175 e. The monoisotopic (exact) mass is 283 g/mol. The number of rotatable bonds is 3. The largest absolute Gasteiger partial charge is 0.488 e. The van der Waals surface area contributed by atoms with Gasteiger partial charge in [-0.3, -0.25) is 4.98 Å². The maximum absolute atomic E-state index is 5.80. The second-order valence-corrected chi connectivity index (χ2v) is 5.69. The van der Waals surface area contributed by atoms with Crippen molar-refractivity contribution < 1.29 is 4.74 Å². The Morgan fingerprint density at radius 1 is 1.10 bits per heavy atom. The molecule has 2 aromatic heterocycles. The number of hydrogen-bond donors (Lipinski definition) is 1. The summed E-state index contributed by atoms with van der Waals surface area (Å²) in [7, 11) is 0. The molecule has 0 aliphatic rings. The lowest BCUT2D eigenvalue weighted by atomic mass is 10.2. The first-order valence-corrected chi connectivity index (χ1v) is 6.71. The number of benzene rings is 1. The molecule has 0 spiro atoms. The third kappa shape index (κ3) is 3.10. The summed E-state index contributed by atoms with van der Waals surface area (Å²) < 4.78 is 7.50. The third-order valence-electron chi connectivity index (χ3n) is 2.74. The zero-order valence-corrected chi connectivity index (χ0v) is 12.2. The molecule has 0 saturated heterocycles. The molecule has 0 atom stereocenters. The lowest BCUT2D eigenvalue weighted by Crippen LogP contribution is -2.22. The molecule has 21 heavy (non-hydrogen) atoms. The molecule has 0 amide bonds. The highest BCUT2D eigenvalue weighted by atomic mass is 16.5. The first-order valence-electron chi connectivity index (χ1n) is 6.71. The number of nitrogens with zero attached hydrogens (tertiary/aromatic N) is 4. The Balaban J connectivity index is 1.81. The predicted molar refractivity (Wildman–Crippen MR) is 80.9 cm³/mol. The lowest BCUT2D eigenvalue weighted by Gasteiger charge is -2.21. The number of aromatic nitrogens is 4. The molecule has 0 bridgehead atoms. The van der Waals surface area contributed by atoms with Gasteiger partial charge in [0.25, 0.3) is 0 Å². The zero-order chi connectivity index (χ0) is 14.9. The molecule has 108 valence electrons. The normalized spacial score (nSPS) is 11.6. The Kier molecular flexibility index (Phi) is 3.21. The van der Waals surface area contributed by atoms with Crippen molar-refractivity contribution in [3.05, 3.63) is 43.0 Å². The topological polar surface area (TPSA) is 64.3 Å². The fourth-order valence-electron chi connectivity index (χ4n) is 1.95. The van der Waals surface area contributed by atoms with Gasteiger partial charge in [-0.1, -0.05) is 0 Å². The van der Waals surface area contributed by atoms with Crippen molar-refractivity contribution >= 4 is 17.2 Å². The second-order valence-electron chi connectivity index (χ2n) is 5.69. The summed E-state index contributed by atoms with van der Waals surface area (Å²) in [5.41, 5.74) is 1.43. The molecular formula is C15H17N5O. The Morgan fingerprint density at radius 2 is 1.86 bits per heavy atom. The van der Waals surface area contributed by atoms with Gasteiger partial charge in [0, 0.05) is 5.69 Å². The molecule has 2 heterocycles. The summed E-state index contributed by atoms with van der Waals surface area (Å²) in [5, 5.41) is 7.42. The van der Waals surface area contributed by atoms with Crippen LogP contribution in [0.4, 0.5) is 11.5 Å². The van der Waals surface area contributed by atoms with E-state index in [-0.39, 0.29) is 5.60 Å². The van der Waals surface area contributed by atoms with Crippen LogP contribution in [0.5, 0.6) is 5.75 Å². The molecule has 1 aromatic carbocycles. The molecule has 0 radical (unpaired) electrons. The summed E-state index contributed by atoms with van der Waals surface area (Å²) >= 11 is 0. The van der Waals surface area contributed by atoms with E-state index >= 15 is 0 Å². The van der Waals surface area contributed by atoms with Gasteiger partial charge in [-0.15, -0.1) is 0 Å². The molecule has 0 saturated carbocycles. The predicted octanol–water partition coefficient (Wildman–Crippen LogP) is 3.05. The van der Waals surface area contributed by atoms with Gasteiger partial charge in [-0.25, -0.2) is 4.98 Å². The van der Waals surface area contributed by atoms with Crippen LogP contribution in [0.2, 0.25) is 0 Å². The van der Waals surface area contributed by atoms with Gasteiger partial charge in [-0.05, 0) is 45.0 Å². The van der Waals surface area contributed by atoms with Gasteiger partial charge < -0.3 is 10.1 Å². The quantitative estimate of drug-likeness (QED) is 0.800. The number of anilines is 2. The summed E-state index contributed by atoms with van der Waals surface area (Å²) in [6.45, 7) is 6.07. The molecule has 0 aliphatic carbocycles. The van der Waals surface area contributed by atoms with Crippen LogP contribution in [-0.4, -0.2) is 25.2 Å². The van der Waals surface area contributed by atoms with Gasteiger partial charge in [0.15, 0.2) is 11.5 Å². The average molecular weight is 283 g/mol. The Labute approximate surface area is 122 Å². The van der Waals surface area contributed by atoms with Gasteiger partial charge in [-0.2, -0.15) is 9.61 Å². The molecule has 6 heteroatoms. The molecule has 3 rings (SSSR count). The van der Waals surface area contributed by atoms with E-state index in [0.29, 0.717) is 5.65 Å². The minimum Gasteiger partial charge on any atom is -0.488 e. The van der Waals surface area contributed by atoms with Gasteiger partial charge in [0.05, 0.1) is 12.4 Å². The average Bonchev–Trinajstić information content (AvgIpc) is 2.89. The lowest BCUT2D eigenvalue weighted by molar-refractivity contribution is 0.131. The maximum atomic E-state index is 5.80. The van der Waals surface area contributed by atoms with Crippen molar-refractivity contribution in [3.8, 4) is 5.75 Å². The summed E-state index contributed by atoms with van der Waals surface area (Å²) in [4.78, 5) is 8.24. The fraction of sp³-hybridized carbons (Fsp3) is 0.267. The van der Waals surface area contributed by atoms with Crippen molar-refractivity contribution in [1.29, 1.82) is 0 Å². The van der Waals surface area contributed by atoms with Crippen LogP contribution < -0.4 is 10.1 Å². The summed E-state index contributed by atoms with van der Waals surface area (Å²) in [6.07, 6.45) is 4.88.